The lowest BCUT2D eigenvalue weighted by Gasteiger charge is -2.08. The molecule has 8 heteroatoms. The number of thiazole rings is 1. The Morgan fingerprint density at radius 2 is 1.81 bits per heavy atom. The van der Waals surface area contributed by atoms with Crippen molar-refractivity contribution in [1.29, 1.82) is 0 Å². The van der Waals surface area contributed by atoms with Gasteiger partial charge < -0.3 is 5.32 Å². The van der Waals surface area contributed by atoms with Crippen LogP contribution in [0.1, 0.15) is 10.4 Å². The van der Waals surface area contributed by atoms with Gasteiger partial charge in [-0.05, 0) is 60.3 Å². The van der Waals surface area contributed by atoms with Crippen molar-refractivity contribution in [3.8, 4) is 0 Å². The Morgan fingerprint density at radius 1 is 1.04 bits per heavy atom. The van der Waals surface area contributed by atoms with Crippen LogP contribution in [0.5, 0.6) is 0 Å². The number of rotatable bonds is 4. The Hall–Kier alpha value is -2.84. The number of anilines is 1. The van der Waals surface area contributed by atoms with E-state index < -0.39 is 0 Å². The molecule has 0 spiro atoms. The molecule has 4 rings (SSSR count). The van der Waals surface area contributed by atoms with Gasteiger partial charge >= 0.3 is 0 Å². The topological polar surface area (TPSA) is 67.8 Å². The van der Waals surface area contributed by atoms with Gasteiger partial charge in [0.1, 0.15) is 21.2 Å². The maximum Gasteiger partial charge on any atom is 0.255 e. The summed E-state index contributed by atoms with van der Waals surface area (Å²) < 4.78 is 13.8. The summed E-state index contributed by atoms with van der Waals surface area (Å²) in [6.45, 7) is 0. The number of fused-ring (bicyclic) bond motifs is 1. The maximum atomic E-state index is 13.0. The summed E-state index contributed by atoms with van der Waals surface area (Å²) in [4.78, 5) is 26.4. The molecule has 0 aliphatic rings. The van der Waals surface area contributed by atoms with Gasteiger partial charge in [-0.1, -0.05) is 11.3 Å². The maximum absolute atomic E-state index is 13.0. The normalized spacial score (nSPS) is 10.8. The van der Waals surface area contributed by atoms with Crippen molar-refractivity contribution in [1.82, 2.24) is 15.0 Å². The van der Waals surface area contributed by atoms with Gasteiger partial charge in [0, 0.05) is 18.0 Å². The molecule has 1 N–H and O–H groups in total. The SMILES string of the molecule is O=C(Nc1cccnc1Sc1nc2cccnc2s1)c1ccc(F)cc1. The minimum Gasteiger partial charge on any atom is -0.320 e. The zero-order chi connectivity index (χ0) is 17.9. The minimum absolute atomic E-state index is 0.328. The lowest BCUT2D eigenvalue weighted by atomic mass is 10.2. The van der Waals surface area contributed by atoms with Crippen molar-refractivity contribution in [3.05, 3.63) is 72.3 Å². The zero-order valence-electron chi connectivity index (χ0n) is 13.2. The van der Waals surface area contributed by atoms with E-state index in [-0.39, 0.29) is 11.7 Å². The van der Waals surface area contributed by atoms with Crippen molar-refractivity contribution in [2.45, 2.75) is 9.37 Å². The molecule has 5 nitrogen and oxygen atoms in total. The molecule has 0 saturated carbocycles. The summed E-state index contributed by atoms with van der Waals surface area (Å²) in [6.07, 6.45) is 3.38. The molecule has 0 bridgehead atoms. The highest BCUT2D eigenvalue weighted by Crippen LogP contribution is 2.35. The first-order valence-corrected chi connectivity index (χ1v) is 9.24. The van der Waals surface area contributed by atoms with Gasteiger partial charge in [-0.25, -0.2) is 19.3 Å². The van der Waals surface area contributed by atoms with Gasteiger partial charge in [-0.3, -0.25) is 4.79 Å². The molecule has 0 fully saturated rings. The first-order chi connectivity index (χ1) is 12.7. The van der Waals surface area contributed by atoms with E-state index >= 15 is 0 Å². The molecule has 128 valence electrons. The van der Waals surface area contributed by atoms with Crippen LogP contribution in [0.2, 0.25) is 0 Å². The average molecular weight is 382 g/mol. The molecule has 0 atom stereocenters. The largest absolute Gasteiger partial charge is 0.320 e. The number of halogens is 1. The third-order valence-corrected chi connectivity index (χ3v) is 5.51. The van der Waals surface area contributed by atoms with E-state index in [0.717, 1.165) is 14.7 Å². The fraction of sp³-hybridized carbons (Fsp3) is 0. The third kappa shape index (κ3) is 3.56. The van der Waals surface area contributed by atoms with Crippen LogP contribution in [0, 0.1) is 5.82 Å². The minimum atomic E-state index is -0.386. The van der Waals surface area contributed by atoms with E-state index in [1.54, 1.807) is 24.5 Å². The lowest BCUT2D eigenvalue weighted by molar-refractivity contribution is 0.102. The summed E-state index contributed by atoms with van der Waals surface area (Å²) in [5.41, 5.74) is 1.77. The predicted molar refractivity (Wildman–Crippen MR) is 100 cm³/mol. The molecule has 0 aliphatic heterocycles. The second kappa shape index (κ2) is 7.19. The van der Waals surface area contributed by atoms with Crippen LogP contribution in [-0.2, 0) is 0 Å². The fourth-order valence-corrected chi connectivity index (χ4v) is 4.17. The van der Waals surface area contributed by atoms with E-state index in [4.69, 9.17) is 0 Å². The monoisotopic (exact) mass is 382 g/mol. The Morgan fingerprint density at radius 3 is 2.62 bits per heavy atom. The van der Waals surface area contributed by atoms with E-state index in [9.17, 15) is 9.18 Å². The highest BCUT2D eigenvalue weighted by atomic mass is 32.2. The fourth-order valence-electron chi connectivity index (χ4n) is 2.24. The van der Waals surface area contributed by atoms with Gasteiger partial charge in [0.25, 0.3) is 5.91 Å². The second-order valence-corrected chi connectivity index (χ2v) is 7.44. The Labute approximate surface area is 156 Å². The van der Waals surface area contributed by atoms with E-state index in [0.29, 0.717) is 16.3 Å². The number of amides is 1. The van der Waals surface area contributed by atoms with Gasteiger partial charge in [0.15, 0.2) is 4.34 Å². The summed E-state index contributed by atoms with van der Waals surface area (Å²) in [5, 5.41) is 3.44. The van der Waals surface area contributed by atoms with Crippen molar-refractivity contribution in [2.24, 2.45) is 0 Å². The standard InChI is InChI=1S/C18H11FN4OS2/c19-12-7-5-11(6-8-12)15(24)22-13-3-1-9-20-16(13)25-18-23-14-4-2-10-21-17(14)26-18/h1-10H,(H,22,24). The predicted octanol–water partition coefficient (Wildman–Crippen LogP) is 4.63. The molecule has 0 saturated heterocycles. The van der Waals surface area contributed by atoms with Gasteiger partial charge in [-0.2, -0.15) is 0 Å². The molecular formula is C18H11FN4OS2. The molecule has 26 heavy (non-hydrogen) atoms. The van der Waals surface area contributed by atoms with Crippen LogP contribution in [0.15, 0.2) is 70.3 Å². The number of nitrogens with zero attached hydrogens (tertiary/aromatic N) is 3. The molecule has 4 aromatic rings. The number of hydrogen-bond donors (Lipinski definition) is 1. The van der Waals surface area contributed by atoms with Crippen LogP contribution in [-0.4, -0.2) is 20.9 Å². The van der Waals surface area contributed by atoms with Gasteiger partial charge in [0.2, 0.25) is 0 Å². The highest BCUT2D eigenvalue weighted by molar-refractivity contribution is 8.01. The number of hydrogen-bond acceptors (Lipinski definition) is 6. The van der Waals surface area contributed by atoms with Crippen molar-refractivity contribution >= 4 is 45.0 Å². The molecule has 3 aromatic heterocycles. The number of benzene rings is 1. The van der Waals surface area contributed by atoms with Crippen LogP contribution in [0.4, 0.5) is 10.1 Å². The zero-order valence-corrected chi connectivity index (χ0v) is 14.9. The van der Waals surface area contributed by atoms with Gasteiger partial charge in [-0.15, -0.1) is 0 Å². The number of aromatic nitrogens is 3. The lowest BCUT2D eigenvalue weighted by Crippen LogP contribution is -2.12. The molecule has 0 unspecified atom stereocenters. The molecule has 0 aliphatic carbocycles. The first-order valence-electron chi connectivity index (χ1n) is 7.60. The van der Waals surface area contributed by atoms with Crippen LogP contribution < -0.4 is 5.32 Å². The number of carbonyl (C=O) groups is 1. The summed E-state index contributed by atoms with van der Waals surface area (Å²) in [7, 11) is 0. The number of nitrogens with one attached hydrogen (secondary N) is 1. The summed E-state index contributed by atoms with van der Waals surface area (Å²) in [6, 6.07) is 12.6. The Bertz CT molecular complexity index is 1050. The van der Waals surface area contributed by atoms with E-state index in [1.165, 1.54) is 47.4 Å². The number of pyridine rings is 2. The molecule has 3 heterocycles. The van der Waals surface area contributed by atoms with E-state index in [2.05, 4.69) is 20.3 Å². The van der Waals surface area contributed by atoms with Crippen LogP contribution in [0.3, 0.4) is 0 Å². The molecule has 1 amide bonds. The summed E-state index contributed by atoms with van der Waals surface area (Å²) >= 11 is 2.83. The smallest absolute Gasteiger partial charge is 0.255 e. The van der Waals surface area contributed by atoms with Crippen molar-refractivity contribution < 1.29 is 9.18 Å². The highest BCUT2D eigenvalue weighted by Gasteiger charge is 2.13. The van der Waals surface area contributed by atoms with Crippen molar-refractivity contribution in [3.63, 3.8) is 0 Å². The first kappa shape index (κ1) is 16.6. The van der Waals surface area contributed by atoms with Crippen LogP contribution in [0.25, 0.3) is 10.3 Å². The Kier molecular flexibility index (Phi) is 4.59. The summed E-state index contributed by atoms with van der Waals surface area (Å²) in [5.74, 6) is -0.713. The molecular weight excluding hydrogens is 371 g/mol. The quantitative estimate of drug-likeness (QED) is 0.557. The van der Waals surface area contributed by atoms with Crippen LogP contribution >= 0.6 is 23.1 Å². The molecule has 1 aromatic carbocycles. The number of carbonyl (C=O) groups excluding carboxylic acids is 1. The van der Waals surface area contributed by atoms with Gasteiger partial charge in [0.05, 0.1) is 5.69 Å². The van der Waals surface area contributed by atoms with E-state index in [1.807, 2.05) is 12.1 Å². The Balaban J connectivity index is 1.58. The average Bonchev–Trinajstić information content (AvgIpc) is 3.06. The molecule has 0 radical (unpaired) electrons. The van der Waals surface area contributed by atoms with Crippen molar-refractivity contribution in [2.75, 3.05) is 5.32 Å². The third-order valence-electron chi connectivity index (χ3n) is 3.46. The second-order valence-electron chi connectivity index (χ2n) is 5.23.